The zero-order chi connectivity index (χ0) is 25.5. The van der Waals surface area contributed by atoms with E-state index in [9.17, 15) is 14.4 Å². The zero-order valence-electron chi connectivity index (χ0n) is 20.4. The van der Waals surface area contributed by atoms with Crippen LogP contribution in [0.1, 0.15) is 44.4 Å². The summed E-state index contributed by atoms with van der Waals surface area (Å²) < 4.78 is 0. The predicted molar refractivity (Wildman–Crippen MR) is 145 cm³/mol. The summed E-state index contributed by atoms with van der Waals surface area (Å²) in [6.07, 6.45) is 3.85. The Kier molecular flexibility index (Phi) is 6.84. The Morgan fingerprint density at radius 1 is 1.17 bits per heavy atom. The lowest BCUT2D eigenvalue weighted by Crippen LogP contribution is -2.44. The summed E-state index contributed by atoms with van der Waals surface area (Å²) in [5.41, 5.74) is 5.27. The molecule has 2 aliphatic rings. The van der Waals surface area contributed by atoms with E-state index in [2.05, 4.69) is 44.0 Å². The average molecular weight is 510 g/mol. The molecule has 3 amide bonds. The number of likely N-dealkylation sites (N-methyl/N-ethyl adjacent to an activating group) is 1. The van der Waals surface area contributed by atoms with Crippen molar-refractivity contribution in [2.45, 2.75) is 40.2 Å². The monoisotopic (exact) mass is 509 g/mol. The average Bonchev–Trinajstić information content (AvgIpc) is 3.03. The third-order valence-corrected chi connectivity index (χ3v) is 7.53. The fraction of sp³-hybridized carbons (Fsp3) is 0.296. The van der Waals surface area contributed by atoms with Crippen LogP contribution < -0.4 is 10.2 Å². The van der Waals surface area contributed by atoms with Gasteiger partial charge >= 0.3 is 0 Å². The lowest BCUT2D eigenvalue weighted by atomic mass is 9.88. The summed E-state index contributed by atoms with van der Waals surface area (Å²) in [5, 5.41) is 2.78. The van der Waals surface area contributed by atoms with E-state index in [1.54, 1.807) is 12.1 Å². The Bertz CT molecular complexity index is 1300. The molecule has 0 aliphatic carbocycles. The van der Waals surface area contributed by atoms with Crippen molar-refractivity contribution in [2.24, 2.45) is 0 Å². The van der Waals surface area contributed by atoms with E-state index in [-0.39, 0.29) is 17.0 Å². The van der Waals surface area contributed by atoms with Crippen LogP contribution in [0, 0.1) is 6.92 Å². The number of hydrogen-bond acceptors (Lipinski definition) is 5. The van der Waals surface area contributed by atoms with Crippen molar-refractivity contribution in [1.29, 1.82) is 0 Å². The van der Waals surface area contributed by atoms with Crippen molar-refractivity contribution in [3.8, 4) is 0 Å². The number of carbonyl (C=O) groups is 3. The number of anilines is 2. The number of para-hydroxylation sites is 1. The van der Waals surface area contributed by atoms with Crippen molar-refractivity contribution in [2.75, 3.05) is 23.3 Å². The second kappa shape index (κ2) is 9.55. The molecule has 0 radical (unpaired) electrons. The normalized spacial score (nSPS) is 18.1. The molecule has 182 valence electrons. The van der Waals surface area contributed by atoms with Gasteiger partial charge in [-0.2, -0.15) is 0 Å². The number of allylic oxidation sites excluding steroid dienone is 1. The molecule has 0 bridgehead atoms. The van der Waals surface area contributed by atoms with Crippen molar-refractivity contribution in [3.05, 3.63) is 69.1 Å². The highest BCUT2D eigenvalue weighted by molar-refractivity contribution is 8.18. The van der Waals surface area contributed by atoms with E-state index in [4.69, 9.17) is 11.6 Å². The summed E-state index contributed by atoms with van der Waals surface area (Å²) in [5.74, 6) is -0.935. The van der Waals surface area contributed by atoms with Gasteiger partial charge in [-0.3, -0.25) is 19.3 Å². The standard InChI is InChI=1S/C27H28ClN3O3S/c1-6-31-22-13-20(28)18(11-19(22)17(3)14-27(31,4)5)12-23-25(33)30(26(34)35-23)15-24(32)29-21-10-8-7-9-16(21)2/h7-14H,6,15H2,1-5H3,(H,29,32)/b23-12+. The number of rotatable bonds is 5. The highest BCUT2D eigenvalue weighted by atomic mass is 35.5. The van der Waals surface area contributed by atoms with Crippen LogP contribution in [0.2, 0.25) is 5.02 Å². The number of carbonyl (C=O) groups excluding carboxylic acids is 3. The molecule has 6 nitrogen and oxygen atoms in total. The second-order valence-electron chi connectivity index (χ2n) is 9.25. The van der Waals surface area contributed by atoms with Gasteiger partial charge in [-0.25, -0.2) is 0 Å². The topological polar surface area (TPSA) is 69.7 Å². The maximum atomic E-state index is 13.0. The van der Waals surface area contributed by atoms with Crippen LogP contribution in [-0.4, -0.2) is 40.6 Å². The van der Waals surface area contributed by atoms with Crippen molar-refractivity contribution < 1.29 is 14.4 Å². The number of hydrogen-bond donors (Lipinski definition) is 1. The van der Waals surface area contributed by atoms with E-state index in [1.807, 2.05) is 37.3 Å². The Hall–Kier alpha value is -3.03. The maximum absolute atomic E-state index is 13.0. The first-order valence-corrected chi connectivity index (χ1v) is 12.6. The predicted octanol–water partition coefficient (Wildman–Crippen LogP) is 6.35. The number of amides is 3. The van der Waals surface area contributed by atoms with Gasteiger partial charge in [-0.05, 0) is 87.4 Å². The van der Waals surface area contributed by atoms with Crippen LogP contribution in [-0.2, 0) is 9.59 Å². The summed E-state index contributed by atoms with van der Waals surface area (Å²) in [7, 11) is 0. The van der Waals surface area contributed by atoms with Gasteiger partial charge in [0, 0.05) is 28.5 Å². The van der Waals surface area contributed by atoms with Crippen molar-refractivity contribution >= 4 is 63.4 Å². The fourth-order valence-corrected chi connectivity index (χ4v) is 5.67. The molecule has 2 aliphatic heterocycles. The lowest BCUT2D eigenvalue weighted by molar-refractivity contribution is -0.127. The van der Waals surface area contributed by atoms with Crippen LogP contribution >= 0.6 is 23.4 Å². The molecule has 2 heterocycles. The Morgan fingerprint density at radius 3 is 2.57 bits per heavy atom. The maximum Gasteiger partial charge on any atom is 0.294 e. The molecule has 2 aromatic carbocycles. The van der Waals surface area contributed by atoms with Crippen molar-refractivity contribution in [3.63, 3.8) is 0 Å². The third-order valence-electron chi connectivity index (χ3n) is 6.29. The number of thioether (sulfide) groups is 1. The Labute approximate surface area is 215 Å². The first-order chi connectivity index (χ1) is 16.5. The smallest absolute Gasteiger partial charge is 0.294 e. The highest BCUT2D eigenvalue weighted by Crippen LogP contribution is 2.42. The van der Waals surface area contributed by atoms with Crippen molar-refractivity contribution in [1.82, 2.24) is 4.90 Å². The highest BCUT2D eigenvalue weighted by Gasteiger charge is 2.37. The van der Waals surface area contributed by atoms with Gasteiger partial charge in [0.25, 0.3) is 11.1 Å². The molecule has 0 spiro atoms. The molecule has 1 fully saturated rings. The van der Waals surface area contributed by atoms with Gasteiger partial charge in [0.15, 0.2) is 0 Å². The van der Waals surface area contributed by atoms with E-state index in [0.29, 0.717) is 16.3 Å². The molecule has 8 heteroatoms. The SMILES string of the molecule is CCN1c2cc(Cl)c(/C=C3/SC(=O)N(CC(=O)Nc4ccccc4C)C3=O)cc2C(C)=CC1(C)C. The van der Waals surface area contributed by atoms with Gasteiger partial charge in [0.05, 0.1) is 10.4 Å². The quantitative estimate of drug-likeness (QED) is 0.476. The fourth-order valence-electron chi connectivity index (χ4n) is 4.63. The number of halogens is 1. The van der Waals surface area contributed by atoms with E-state index in [0.717, 1.165) is 45.6 Å². The van der Waals surface area contributed by atoms with E-state index in [1.165, 1.54) is 0 Å². The van der Waals surface area contributed by atoms with Crippen LogP contribution in [0.25, 0.3) is 11.6 Å². The van der Waals surface area contributed by atoms with Crippen LogP contribution in [0.3, 0.4) is 0 Å². The zero-order valence-corrected chi connectivity index (χ0v) is 22.0. The van der Waals surface area contributed by atoms with Crippen LogP contribution in [0.4, 0.5) is 16.2 Å². The molecule has 0 unspecified atom stereocenters. The van der Waals surface area contributed by atoms with Crippen LogP contribution in [0.15, 0.2) is 47.4 Å². The molecule has 2 aromatic rings. The number of fused-ring (bicyclic) bond motifs is 1. The molecule has 35 heavy (non-hydrogen) atoms. The number of benzene rings is 2. The van der Waals surface area contributed by atoms with Gasteiger partial charge in [-0.1, -0.05) is 35.9 Å². The first-order valence-electron chi connectivity index (χ1n) is 11.4. The largest absolute Gasteiger partial charge is 0.363 e. The minimum atomic E-state index is -0.502. The van der Waals surface area contributed by atoms with E-state index >= 15 is 0 Å². The number of imide groups is 1. The number of aryl methyl sites for hydroxylation is 1. The van der Waals surface area contributed by atoms with Crippen LogP contribution in [0.5, 0.6) is 0 Å². The third kappa shape index (κ3) is 4.88. The number of nitrogens with zero attached hydrogens (tertiary/aromatic N) is 2. The molecule has 0 atom stereocenters. The molecule has 4 rings (SSSR count). The Morgan fingerprint density at radius 2 is 1.89 bits per heavy atom. The summed E-state index contributed by atoms with van der Waals surface area (Å²) >= 11 is 7.45. The first kappa shape index (κ1) is 25.1. The summed E-state index contributed by atoms with van der Waals surface area (Å²) in [6, 6.07) is 11.2. The Balaban J connectivity index is 1.58. The lowest BCUT2D eigenvalue weighted by Gasteiger charge is -2.43. The van der Waals surface area contributed by atoms with Gasteiger partial charge in [0.2, 0.25) is 5.91 Å². The van der Waals surface area contributed by atoms with Gasteiger partial charge < -0.3 is 10.2 Å². The molecule has 1 saturated heterocycles. The molecular weight excluding hydrogens is 482 g/mol. The number of nitrogens with one attached hydrogen (secondary N) is 1. The van der Waals surface area contributed by atoms with E-state index < -0.39 is 17.1 Å². The summed E-state index contributed by atoms with van der Waals surface area (Å²) in [4.78, 5) is 41.6. The second-order valence-corrected chi connectivity index (χ2v) is 10.6. The minimum absolute atomic E-state index is 0.141. The summed E-state index contributed by atoms with van der Waals surface area (Å²) in [6.45, 7) is 10.8. The molecule has 0 aromatic heterocycles. The molecular formula is C27H28ClN3O3S. The van der Waals surface area contributed by atoms with Gasteiger partial charge in [-0.15, -0.1) is 0 Å². The van der Waals surface area contributed by atoms with Gasteiger partial charge in [0.1, 0.15) is 6.54 Å². The molecule has 1 N–H and O–H groups in total. The minimum Gasteiger partial charge on any atom is -0.363 e. The molecule has 0 saturated carbocycles.